The Bertz CT molecular complexity index is 2530. The maximum atomic E-state index is 13.9. The average molecular weight is 822 g/mol. The molecule has 0 unspecified atom stereocenters. The summed E-state index contributed by atoms with van der Waals surface area (Å²) in [6.45, 7) is 5.03. The smallest absolute Gasteiger partial charge is 0.407 e. The number of hydrogen-bond acceptors (Lipinski definition) is 7. The number of alkyl carbamates (subject to hydrolysis) is 2. The summed E-state index contributed by atoms with van der Waals surface area (Å²) in [5, 5.41) is 7.68. The SMILES string of the molecule is COC(=O)N[C@H](C(=O)N1CCC[C@H]1c1cc(-c2ccc3cc(-c4ccc(-c5cnc([C@@H]6CCCN6C(=O)[C@H](NC(=O)OC)c6ccccc6)[nH]5)cc4)ccc3c2)c[nH]1)C(C)C. The Hall–Kier alpha value is -6.89. The van der Waals surface area contributed by atoms with E-state index in [0.717, 1.165) is 75.7 Å². The van der Waals surface area contributed by atoms with Crippen molar-refractivity contribution in [2.75, 3.05) is 27.3 Å². The highest BCUT2D eigenvalue weighted by Crippen LogP contribution is 2.37. The van der Waals surface area contributed by atoms with Gasteiger partial charge in [0.15, 0.2) is 0 Å². The largest absolute Gasteiger partial charge is 0.453 e. The minimum atomic E-state index is -0.877. The van der Waals surface area contributed by atoms with Gasteiger partial charge in [-0.05, 0) is 94.0 Å². The van der Waals surface area contributed by atoms with Gasteiger partial charge in [0.1, 0.15) is 17.9 Å². The van der Waals surface area contributed by atoms with E-state index in [4.69, 9.17) is 14.5 Å². The average Bonchev–Trinajstić information content (AvgIpc) is 4.14. The molecule has 4 N–H and O–H groups in total. The van der Waals surface area contributed by atoms with Crippen LogP contribution >= 0.6 is 0 Å². The van der Waals surface area contributed by atoms with Gasteiger partial charge in [-0.25, -0.2) is 14.6 Å². The van der Waals surface area contributed by atoms with Gasteiger partial charge in [-0.15, -0.1) is 0 Å². The summed E-state index contributed by atoms with van der Waals surface area (Å²) in [7, 11) is 2.59. The van der Waals surface area contributed by atoms with Crippen LogP contribution in [0, 0.1) is 5.92 Å². The Labute approximate surface area is 354 Å². The molecule has 6 aromatic rings. The molecule has 0 saturated carbocycles. The molecule has 0 radical (unpaired) electrons. The molecule has 4 amide bonds. The normalized spacial score (nSPS) is 17.3. The summed E-state index contributed by atoms with van der Waals surface area (Å²) in [5.74, 6) is 0.313. The number of likely N-dealkylation sites (tertiary alicyclic amines) is 2. The summed E-state index contributed by atoms with van der Waals surface area (Å²) in [5.41, 5.74) is 7.80. The van der Waals surface area contributed by atoms with Gasteiger partial charge in [-0.3, -0.25) is 9.59 Å². The molecular formula is C48H51N7O6. The first kappa shape index (κ1) is 40.9. The third-order valence-corrected chi connectivity index (χ3v) is 12.0. The van der Waals surface area contributed by atoms with Crippen LogP contribution in [0.25, 0.3) is 44.3 Å². The van der Waals surface area contributed by atoms with E-state index in [9.17, 15) is 19.2 Å². The fourth-order valence-corrected chi connectivity index (χ4v) is 8.69. The van der Waals surface area contributed by atoms with Crippen molar-refractivity contribution in [3.63, 3.8) is 0 Å². The zero-order valence-corrected chi connectivity index (χ0v) is 34.8. The quantitative estimate of drug-likeness (QED) is 0.102. The molecule has 2 fully saturated rings. The lowest BCUT2D eigenvalue weighted by Gasteiger charge is -2.30. The Morgan fingerprint density at radius 2 is 1.28 bits per heavy atom. The number of fused-ring (bicyclic) bond motifs is 1. The van der Waals surface area contributed by atoms with Gasteiger partial charge < -0.3 is 39.9 Å². The molecule has 4 aromatic carbocycles. The second-order valence-corrected chi connectivity index (χ2v) is 16.1. The minimum Gasteiger partial charge on any atom is -0.453 e. The summed E-state index contributed by atoms with van der Waals surface area (Å²) >= 11 is 0. The maximum absolute atomic E-state index is 13.9. The molecule has 8 rings (SSSR count). The van der Waals surface area contributed by atoms with E-state index in [-0.39, 0.29) is 29.8 Å². The number of hydrogen-bond donors (Lipinski definition) is 4. The molecule has 0 bridgehead atoms. The fraction of sp³-hybridized carbons (Fsp3) is 0.312. The number of aromatic nitrogens is 3. The molecule has 4 heterocycles. The van der Waals surface area contributed by atoms with Crippen molar-refractivity contribution in [1.29, 1.82) is 0 Å². The van der Waals surface area contributed by atoms with Gasteiger partial charge in [-0.1, -0.05) is 92.7 Å². The second-order valence-electron chi connectivity index (χ2n) is 16.1. The monoisotopic (exact) mass is 821 g/mol. The van der Waals surface area contributed by atoms with Gasteiger partial charge in [0.05, 0.1) is 38.2 Å². The fourth-order valence-electron chi connectivity index (χ4n) is 8.69. The molecule has 61 heavy (non-hydrogen) atoms. The molecule has 0 aliphatic carbocycles. The van der Waals surface area contributed by atoms with Gasteiger partial charge in [-0.2, -0.15) is 0 Å². The summed E-state index contributed by atoms with van der Waals surface area (Å²) in [4.78, 5) is 67.1. The first-order valence-corrected chi connectivity index (χ1v) is 20.8. The van der Waals surface area contributed by atoms with Crippen molar-refractivity contribution in [1.82, 2.24) is 35.4 Å². The first-order valence-electron chi connectivity index (χ1n) is 20.8. The number of aromatic amines is 2. The molecule has 2 saturated heterocycles. The standard InChI is InChI=1S/C48H51N7O6/c1-29(2)42(52-47(58)60-3)45(56)54-22-8-12-40(54)38-26-37(27-49-38)36-21-20-34-24-33(18-19-35(34)25-36)30-14-16-31(17-15-30)39-28-50-44(51-39)41-13-9-23-55(41)46(57)43(53-48(59)61-4)32-10-6-5-7-11-32/h5-7,10-11,14-21,24-29,40-43,49H,8-9,12-13,22-23H2,1-4H3,(H,50,51)(H,52,58)(H,53,59)/t40-,41-,42-,43+/m0/s1. The van der Waals surface area contributed by atoms with E-state index >= 15 is 0 Å². The Morgan fingerprint density at radius 3 is 1.93 bits per heavy atom. The van der Waals surface area contributed by atoms with Crippen LogP contribution in [0.2, 0.25) is 0 Å². The number of imidazole rings is 1. The highest BCUT2D eigenvalue weighted by molar-refractivity contribution is 5.91. The zero-order valence-electron chi connectivity index (χ0n) is 34.8. The van der Waals surface area contributed by atoms with Crippen molar-refractivity contribution in [2.24, 2.45) is 5.92 Å². The van der Waals surface area contributed by atoms with Gasteiger partial charge in [0, 0.05) is 25.0 Å². The van der Waals surface area contributed by atoms with Crippen molar-refractivity contribution in [3.05, 3.63) is 127 Å². The van der Waals surface area contributed by atoms with Crippen LogP contribution in [0.3, 0.4) is 0 Å². The summed E-state index contributed by atoms with van der Waals surface area (Å²) in [6, 6.07) is 30.7. The molecule has 13 heteroatoms. The number of ether oxygens (including phenoxy) is 2. The molecule has 2 aromatic heterocycles. The van der Waals surface area contributed by atoms with E-state index in [1.54, 1.807) is 4.90 Å². The Kier molecular flexibility index (Phi) is 11.9. The molecule has 314 valence electrons. The number of rotatable bonds is 11. The van der Waals surface area contributed by atoms with E-state index in [0.29, 0.717) is 24.5 Å². The van der Waals surface area contributed by atoms with Crippen LogP contribution < -0.4 is 10.6 Å². The minimum absolute atomic E-state index is 0.0876. The lowest BCUT2D eigenvalue weighted by atomic mass is 9.97. The van der Waals surface area contributed by atoms with Crippen LogP contribution in [-0.2, 0) is 19.1 Å². The molecule has 13 nitrogen and oxygen atoms in total. The number of amides is 4. The third kappa shape index (κ3) is 8.59. The highest BCUT2D eigenvalue weighted by Gasteiger charge is 2.38. The number of carbonyl (C=O) groups excluding carboxylic acids is 4. The molecule has 4 atom stereocenters. The number of benzene rings is 4. The van der Waals surface area contributed by atoms with E-state index in [2.05, 4.69) is 87.3 Å². The van der Waals surface area contributed by atoms with Crippen molar-refractivity contribution < 1.29 is 28.7 Å². The van der Waals surface area contributed by atoms with E-state index < -0.39 is 24.3 Å². The topological polar surface area (TPSA) is 162 Å². The van der Waals surface area contributed by atoms with Crippen LogP contribution in [0.15, 0.2) is 109 Å². The number of H-pyrrole nitrogens is 2. The number of carbonyl (C=O) groups is 4. The van der Waals surface area contributed by atoms with Gasteiger partial charge >= 0.3 is 12.2 Å². The Morgan fingerprint density at radius 1 is 0.689 bits per heavy atom. The van der Waals surface area contributed by atoms with Crippen LogP contribution in [0.4, 0.5) is 9.59 Å². The summed E-state index contributed by atoms with van der Waals surface area (Å²) in [6.07, 6.45) is 5.84. The predicted molar refractivity (Wildman–Crippen MR) is 233 cm³/mol. The molecule has 0 spiro atoms. The number of nitrogens with one attached hydrogen (secondary N) is 4. The van der Waals surface area contributed by atoms with Gasteiger partial charge in [0.25, 0.3) is 5.91 Å². The van der Waals surface area contributed by atoms with Crippen LogP contribution in [-0.4, -0.2) is 82.1 Å². The van der Waals surface area contributed by atoms with Crippen molar-refractivity contribution in [2.45, 2.75) is 63.7 Å². The zero-order chi connectivity index (χ0) is 42.6. The molecular weight excluding hydrogens is 771 g/mol. The van der Waals surface area contributed by atoms with Gasteiger partial charge in [0.2, 0.25) is 5.91 Å². The molecule has 2 aliphatic rings. The Balaban J connectivity index is 0.942. The number of nitrogens with zero attached hydrogens (tertiary/aromatic N) is 3. The highest BCUT2D eigenvalue weighted by atomic mass is 16.5. The summed E-state index contributed by atoms with van der Waals surface area (Å²) < 4.78 is 9.62. The lowest BCUT2D eigenvalue weighted by molar-refractivity contribution is -0.135. The van der Waals surface area contributed by atoms with Crippen molar-refractivity contribution in [3.8, 4) is 33.5 Å². The molecule has 2 aliphatic heterocycles. The maximum Gasteiger partial charge on any atom is 0.407 e. The second kappa shape index (κ2) is 17.8. The number of methoxy groups -OCH3 is 2. The van der Waals surface area contributed by atoms with Crippen LogP contribution in [0.5, 0.6) is 0 Å². The third-order valence-electron chi connectivity index (χ3n) is 12.0. The van der Waals surface area contributed by atoms with Crippen LogP contribution in [0.1, 0.15) is 74.7 Å². The van der Waals surface area contributed by atoms with E-state index in [1.807, 2.05) is 61.5 Å². The predicted octanol–water partition coefficient (Wildman–Crippen LogP) is 8.70. The van der Waals surface area contributed by atoms with Crippen molar-refractivity contribution >= 4 is 34.8 Å². The first-order chi connectivity index (χ1) is 29.6. The van der Waals surface area contributed by atoms with E-state index in [1.165, 1.54) is 14.2 Å². The lowest BCUT2D eigenvalue weighted by Crippen LogP contribution is -2.51.